The van der Waals surface area contributed by atoms with Crippen LogP contribution in [0.15, 0.2) is 12.1 Å². The Hall–Kier alpha value is -0.0300. The molecule has 0 saturated carbocycles. The van der Waals surface area contributed by atoms with E-state index in [9.17, 15) is 4.79 Å². The van der Waals surface area contributed by atoms with Gasteiger partial charge in [0.2, 0.25) is 0 Å². The number of rotatable bonds is 2. The van der Waals surface area contributed by atoms with Crippen molar-refractivity contribution < 1.29 is 9.90 Å². The molecule has 1 aliphatic heterocycles. The number of aromatic carboxylic acids is 1. The second-order valence-electron chi connectivity index (χ2n) is 3.20. The molecule has 1 saturated heterocycles. The molecule has 2 rings (SSSR count). The van der Waals surface area contributed by atoms with Crippen LogP contribution in [0.2, 0.25) is 10.0 Å². The molecular weight excluding hydrogens is 287 g/mol. The average molecular weight is 295 g/mol. The van der Waals surface area contributed by atoms with Gasteiger partial charge < -0.3 is 5.11 Å². The predicted molar refractivity (Wildman–Crippen MR) is 71.1 cm³/mol. The highest BCUT2D eigenvalue weighted by molar-refractivity contribution is 8.19. The number of thioether (sulfide) groups is 2. The molecule has 1 heterocycles. The second-order valence-corrected chi connectivity index (χ2v) is 6.71. The van der Waals surface area contributed by atoms with E-state index in [1.54, 1.807) is 29.6 Å². The molecule has 0 atom stereocenters. The minimum atomic E-state index is -1.02. The predicted octanol–water partition coefficient (Wildman–Crippen LogP) is 4.17. The van der Waals surface area contributed by atoms with E-state index in [1.807, 2.05) is 0 Å². The normalized spacial score (nSPS) is 16.6. The third-order valence-corrected chi connectivity index (χ3v) is 5.98. The zero-order valence-electron chi connectivity index (χ0n) is 8.07. The van der Waals surface area contributed by atoms with Crippen molar-refractivity contribution in [1.29, 1.82) is 0 Å². The van der Waals surface area contributed by atoms with Crippen LogP contribution in [-0.4, -0.2) is 22.6 Å². The summed E-state index contributed by atoms with van der Waals surface area (Å²) in [6.07, 6.45) is 0. The summed E-state index contributed by atoms with van der Waals surface area (Å²) in [5, 5.41) is 9.80. The van der Waals surface area contributed by atoms with Crippen LogP contribution in [0.4, 0.5) is 0 Å². The number of benzene rings is 1. The maximum absolute atomic E-state index is 11.0. The summed E-state index contributed by atoms with van der Waals surface area (Å²) < 4.78 is 0.152. The average Bonchev–Trinajstić information content (AvgIpc) is 2.70. The summed E-state index contributed by atoms with van der Waals surface area (Å²) in [6, 6.07) is 3.05. The SMILES string of the molecule is O=C(O)c1ccc(Cl)c(C2SCCS2)c1Cl. The van der Waals surface area contributed by atoms with Gasteiger partial charge in [-0.05, 0) is 12.1 Å². The van der Waals surface area contributed by atoms with E-state index in [2.05, 4.69) is 0 Å². The molecule has 0 bridgehead atoms. The molecule has 1 aliphatic rings. The van der Waals surface area contributed by atoms with Crippen molar-refractivity contribution in [2.24, 2.45) is 0 Å². The van der Waals surface area contributed by atoms with Gasteiger partial charge in [-0.15, -0.1) is 23.5 Å². The Morgan fingerprint density at radius 1 is 1.31 bits per heavy atom. The Morgan fingerprint density at radius 2 is 1.94 bits per heavy atom. The third kappa shape index (κ3) is 2.30. The molecular formula is C10H8Cl2O2S2. The molecule has 0 radical (unpaired) electrons. The Morgan fingerprint density at radius 3 is 2.50 bits per heavy atom. The van der Waals surface area contributed by atoms with Crippen molar-refractivity contribution in [3.63, 3.8) is 0 Å². The van der Waals surface area contributed by atoms with Crippen molar-refractivity contribution in [2.45, 2.75) is 4.58 Å². The monoisotopic (exact) mass is 294 g/mol. The molecule has 86 valence electrons. The molecule has 0 amide bonds. The molecule has 1 N–H and O–H groups in total. The van der Waals surface area contributed by atoms with E-state index < -0.39 is 5.97 Å². The van der Waals surface area contributed by atoms with Gasteiger partial charge in [-0.25, -0.2) is 4.79 Å². The number of hydrogen-bond acceptors (Lipinski definition) is 3. The molecule has 1 aromatic rings. The Bertz CT molecular complexity index is 431. The van der Waals surface area contributed by atoms with E-state index in [0.717, 1.165) is 17.1 Å². The second kappa shape index (κ2) is 5.08. The number of carbonyl (C=O) groups is 1. The zero-order chi connectivity index (χ0) is 11.7. The smallest absolute Gasteiger partial charge is 0.337 e. The number of carboxylic acids is 1. The fourth-order valence-corrected chi connectivity index (χ4v) is 5.39. The van der Waals surface area contributed by atoms with Crippen molar-refractivity contribution in [3.8, 4) is 0 Å². The zero-order valence-corrected chi connectivity index (χ0v) is 11.2. The van der Waals surface area contributed by atoms with Crippen LogP contribution >= 0.6 is 46.7 Å². The number of halogens is 2. The summed E-state index contributed by atoms with van der Waals surface area (Å²) in [4.78, 5) is 11.0. The van der Waals surface area contributed by atoms with Crippen LogP contribution in [-0.2, 0) is 0 Å². The van der Waals surface area contributed by atoms with Gasteiger partial charge in [0.1, 0.15) is 0 Å². The summed E-state index contributed by atoms with van der Waals surface area (Å²) in [5.41, 5.74) is 0.866. The summed E-state index contributed by atoms with van der Waals surface area (Å²) in [7, 11) is 0. The summed E-state index contributed by atoms with van der Waals surface area (Å²) >= 11 is 15.7. The van der Waals surface area contributed by atoms with E-state index >= 15 is 0 Å². The van der Waals surface area contributed by atoms with Crippen LogP contribution in [0.1, 0.15) is 20.5 Å². The molecule has 0 spiro atoms. The maximum atomic E-state index is 11.0. The van der Waals surface area contributed by atoms with E-state index in [4.69, 9.17) is 28.3 Å². The first-order chi connectivity index (χ1) is 7.61. The van der Waals surface area contributed by atoms with Crippen molar-refractivity contribution in [1.82, 2.24) is 0 Å². The first kappa shape index (κ1) is 12.4. The van der Waals surface area contributed by atoms with Gasteiger partial charge in [-0.3, -0.25) is 0 Å². The van der Waals surface area contributed by atoms with Crippen LogP contribution in [0.3, 0.4) is 0 Å². The molecule has 1 aromatic carbocycles. The number of carboxylic acid groups (broad SMARTS) is 1. The highest BCUT2D eigenvalue weighted by atomic mass is 35.5. The molecule has 2 nitrogen and oxygen atoms in total. The Labute approximate surface area is 112 Å². The first-order valence-electron chi connectivity index (χ1n) is 4.55. The van der Waals surface area contributed by atoms with Crippen molar-refractivity contribution >= 4 is 52.7 Å². The highest BCUT2D eigenvalue weighted by Gasteiger charge is 2.26. The van der Waals surface area contributed by atoms with E-state index in [-0.39, 0.29) is 15.2 Å². The van der Waals surface area contributed by atoms with Gasteiger partial charge in [0.25, 0.3) is 0 Å². The molecule has 1 fully saturated rings. The quantitative estimate of drug-likeness (QED) is 0.888. The van der Waals surface area contributed by atoms with Crippen molar-refractivity contribution in [3.05, 3.63) is 33.3 Å². The maximum Gasteiger partial charge on any atom is 0.337 e. The van der Waals surface area contributed by atoms with Gasteiger partial charge in [-0.2, -0.15) is 0 Å². The lowest BCUT2D eigenvalue weighted by Gasteiger charge is -2.14. The Balaban J connectivity index is 2.49. The molecule has 0 aliphatic carbocycles. The minimum absolute atomic E-state index is 0.120. The summed E-state index contributed by atoms with van der Waals surface area (Å²) in [6.45, 7) is 0. The van der Waals surface area contributed by atoms with Crippen LogP contribution in [0.25, 0.3) is 0 Å². The van der Waals surface area contributed by atoms with Gasteiger partial charge in [0.05, 0.1) is 15.2 Å². The standard InChI is InChI=1S/C10H8Cl2O2S2/c11-6-2-1-5(9(13)14)8(12)7(6)10-15-3-4-16-10/h1-2,10H,3-4H2,(H,13,14). The van der Waals surface area contributed by atoms with Crippen LogP contribution in [0, 0.1) is 0 Å². The van der Waals surface area contributed by atoms with Crippen molar-refractivity contribution in [2.75, 3.05) is 11.5 Å². The highest BCUT2D eigenvalue weighted by Crippen LogP contribution is 2.50. The number of hydrogen-bond donors (Lipinski definition) is 1. The summed E-state index contributed by atoms with van der Waals surface area (Å²) in [5.74, 6) is 1.06. The van der Waals surface area contributed by atoms with Crippen LogP contribution in [0.5, 0.6) is 0 Å². The lowest BCUT2D eigenvalue weighted by Crippen LogP contribution is -2.01. The largest absolute Gasteiger partial charge is 0.478 e. The van der Waals surface area contributed by atoms with Gasteiger partial charge in [-0.1, -0.05) is 23.2 Å². The molecule has 16 heavy (non-hydrogen) atoms. The lowest BCUT2D eigenvalue weighted by molar-refractivity contribution is 0.0697. The van der Waals surface area contributed by atoms with Crippen LogP contribution < -0.4 is 0 Å². The van der Waals surface area contributed by atoms with Gasteiger partial charge in [0.15, 0.2) is 0 Å². The minimum Gasteiger partial charge on any atom is -0.478 e. The topological polar surface area (TPSA) is 37.3 Å². The fourth-order valence-electron chi connectivity index (χ4n) is 1.48. The first-order valence-corrected chi connectivity index (χ1v) is 7.41. The third-order valence-electron chi connectivity index (χ3n) is 2.21. The van der Waals surface area contributed by atoms with E-state index in [0.29, 0.717) is 5.02 Å². The molecule has 0 unspecified atom stereocenters. The van der Waals surface area contributed by atoms with Gasteiger partial charge >= 0.3 is 5.97 Å². The van der Waals surface area contributed by atoms with E-state index in [1.165, 1.54) is 6.07 Å². The Kier molecular flexibility index (Phi) is 3.95. The lowest BCUT2D eigenvalue weighted by atomic mass is 10.1. The van der Waals surface area contributed by atoms with Gasteiger partial charge in [0, 0.05) is 22.1 Å². The molecule has 6 heteroatoms. The fraction of sp³-hybridized carbons (Fsp3) is 0.300. The molecule has 0 aromatic heterocycles.